The van der Waals surface area contributed by atoms with Crippen molar-refractivity contribution < 1.29 is 9.21 Å². The van der Waals surface area contributed by atoms with Gasteiger partial charge < -0.3 is 9.73 Å². The van der Waals surface area contributed by atoms with Gasteiger partial charge in [-0.1, -0.05) is 6.42 Å². The second-order valence-electron chi connectivity index (χ2n) is 5.53. The number of nitrogens with one attached hydrogen (secondary N) is 1. The number of aromatic nitrogens is 4. The fraction of sp³-hybridized carbons (Fsp3) is 0.250. The molecule has 7 heteroatoms. The van der Waals surface area contributed by atoms with E-state index in [0.717, 1.165) is 18.7 Å². The average Bonchev–Trinajstić information content (AvgIpc) is 3.17. The third-order valence-electron chi connectivity index (χ3n) is 3.98. The van der Waals surface area contributed by atoms with Gasteiger partial charge in [0.15, 0.2) is 11.6 Å². The van der Waals surface area contributed by atoms with E-state index >= 15 is 0 Å². The van der Waals surface area contributed by atoms with E-state index in [-0.39, 0.29) is 5.91 Å². The second-order valence-corrected chi connectivity index (χ2v) is 5.53. The Morgan fingerprint density at radius 1 is 1.35 bits per heavy atom. The van der Waals surface area contributed by atoms with E-state index in [9.17, 15) is 4.79 Å². The average molecular weight is 309 g/mol. The molecule has 1 N–H and O–H groups in total. The normalized spacial score (nSPS) is 14.4. The van der Waals surface area contributed by atoms with Gasteiger partial charge in [-0.2, -0.15) is 0 Å². The molecule has 0 bridgehead atoms. The summed E-state index contributed by atoms with van der Waals surface area (Å²) >= 11 is 0. The summed E-state index contributed by atoms with van der Waals surface area (Å²) in [4.78, 5) is 24.7. The highest BCUT2D eigenvalue weighted by atomic mass is 16.3. The molecule has 0 atom stereocenters. The van der Waals surface area contributed by atoms with Crippen LogP contribution < -0.4 is 5.32 Å². The van der Waals surface area contributed by atoms with Crippen molar-refractivity contribution in [3.8, 4) is 5.82 Å². The lowest BCUT2D eigenvalue weighted by Crippen LogP contribution is -2.14. The van der Waals surface area contributed by atoms with E-state index in [0.29, 0.717) is 23.2 Å². The number of hydrogen-bond acceptors (Lipinski definition) is 5. The molecule has 1 aliphatic rings. The van der Waals surface area contributed by atoms with Crippen molar-refractivity contribution >= 4 is 11.6 Å². The van der Waals surface area contributed by atoms with E-state index in [1.54, 1.807) is 41.6 Å². The van der Waals surface area contributed by atoms with E-state index in [2.05, 4.69) is 20.3 Å². The summed E-state index contributed by atoms with van der Waals surface area (Å²) in [6.45, 7) is 0. The number of carbonyl (C=O) groups is 1. The Balaban J connectivity index is 1.44. The lowest BCUT2D eigenvalue weighted by atomic mass is 9.85. The van der Waals surface area contributed by atoms with Crippen LogP contribution in [-0.4, -0.2) is 25.4 Å². The predicted octanol–water partition coefficient (Wildman–Crippen LogP) is 2.78. The van der Waals surface area contributed by atoms with Crippen LogP contribution >= 0.6 is 0 Å². The van der Waals surface area contributed by atoms with Gasteiger partial charge in [-0.25, -0.2) is 15.0 Å². The molecule has 0 radical (unpaired) electrons. The van der Waals surface area contributed by atoms with Gasteiger partial charge in [0.05, 0.1) is 11.9 Å². The first-order chi connectivity index (χ1) is 11.3. The Bertz CT molecular complexity index is 803. The van der Waals surface area contributed by atoms with Crippen molar-refractivity contribution in [2.24, 2.45) is 0 Å². The smallest absolute Gasteiger partial charge is 0.277 e. The third kappa shape index (κ3) is 2.73. The van der Waals surface area contributed by atoms with E-state index in [1.807, 2.05) is 0 Å². The predicted molar refractivity (Wildman–Crippen MR) is 82.4 cm³/mol. The first-order valence-corrected chi connectivity index (χ1v) is 7.51. The van der Waals surface area contributed by atoms with Gasteiger partial charge in [-0.05, 0) is 25.0 Å². The molecule has 4 rings (SSSR count). The number of rotatable bonds is 4. The number of anilines is 1. The molecule has 7 nitrogen and oxygen atoms in total. The molecule has 0 saturated heterocycles. The van der Waals surface area contributed by atoms with Crippen LogP contribution in [0.4, 0.5) is 5.69 Å². The van der Waals surface area contributed by atoms with Gasteiger partial charge in [0.1, 0.15) is 18.4 Å². The number of nitrogens with zero attached hydrogens (tertiary/aromatic N) is 4. The minimum Gasteiger partial charge on any atom is -0.448 e. The van der Waals surface area contributed by atoms with Crippen LogP contribution in [-0.2, 0) is 0 Å². The van der Waals surface area contributed by atoms with Gasteiger partial charge in [0, 0.05) is 18.3 Å². The van der Waals surface area contributed by atoms with Gasteiger partial charge in [-0.3, -0.25) is 9.36 Å². The van der Waals surface area contributed by atoms with Gasteiger partial charge in [-0.15, -0.1) is 0 Å². The highest BCUT2D eigenvalue weighted by Crippen LogP contribution is 2.35. The quantitative estimate of drug-likeness (QED) is 0.801. The Morgan fingerprint density at radius 3 is 2.91 bits per heavy atom. The number of hydrogen-bond donors (Lipinski definition) is 1. The highest BCUT2D eigenvalue weighted by Gasteiger charge is 2.25. The molecule has 0 spiro atoms. The van der Waals surface area contributed by atoms with Crippen LogP contribution in [0.25, 0.3) is 5.82 Å². The van der Waals surface area contributed by atoms with Crippen molar-refractivity contribution in [2.45, 2.75) is 25.2 Å². The van der Waals surface area contributed by atoms with Crippen LogP contribution in [0.1, 0.15) is 41.6 Å². The summed E-state index contributed by atoms with van der Waals surface area (Å²) in [7, 11) is 0. The van der Waals surface area contributed by atoms with E-state index in [4.69, 9.17) is 4.42 Å². The molecule has 3 heterocycles. The molecule has 116 valence electrons. The molecule has 3 aromatic rings. The first kappa shape index (κ1) is 13.7. The van der Waals surface area contributed by atoms with Crippen LogP contribution in [0.5, 0.6) is 0 Å². The maximum atomic E-state index is 12.2. The van der Waals surface area contributed by atoms with Crippen LogP contribution in [0.3, 0.4) is 0 Å². The largest absolute Gasteiger partial charge is 0.448 e. The molecular formula is C16H15N5O2. The van der Waals surface area contributed by atoms with Gasteiger partial charge >= 0.3 is 0 Å². The lowest BCUT2D eigenvalue weighted by Gasteiger charge is -2.21. The molecule has 1 amide bonds. The maximum Gasteiger partial charge on any atom is 0.277 e. The second kappa shape index (κ2) is 5.68. The number of carbonyl (C=O) groups excluding carboxylic acids is 1. The zero-order valence-electron chi connectivity index (χ0n) is 12.3. The summed E-state index contributed by atoms with van der Waals surface area (Å²) in [5.41, 5.74) is 0.901. The van der Waals surface area contributed by atoms with Crippen molar-refractivity contribution in [2.75, 3.05) is 5.32 Å². The summed E-state index contributed by atoms with van der Waals surface area (Å²) in [5, 5.41) is 2.77. The Kier molecular flexibility index (Phi) is 3.38. The summed E-state index contributed by atoms with van der Waals surface area (Å²) in [5.74, 6) is 1.47. The maximum absolute atomic E-state index is 12.2. The van der Waals surface area contributed by atoms with Gasteiger partial charge in [0.25, 0.3) is 5.91 Å². The summed E-state index contributed by atoms with van der Waals surface area (Å²) < 4.78 is 7.18. The number of pyridine rings is 1. The van der Waals surface area contributed by atoms with Crippen molar-refractivity contribution in [3.63, 3.8) is 0 Å². The zero-order valence-corrected chi connectivity index (χ0v) is 12.3. The summed E-state index contributed by atoms with van der Waals surface area (Å²) in [6.07, 6.45) is 11.5. The molecule has 1 saturated carbocycles. The van der Waals surface area contributed by atoms with E-state index < -0.39 is 0 Å². The third-order valence-corrected chi connectivity index (χ3v) is 3.98. The highest BCUT2D eigenvalue weighted by molar-refractivity contribution is 6.02. The van der Waals surface area contributed by atoms with Crippen LogP contribution in [0.2, 0.25) is 0 Å². The minimum absolute atomic E-state index is 0.295. The fourth-order valence-electron chi connectivity index (χ4n) is 2.44. The molecule has 0 unspecified atom stereocenters. The minimum atomic E-state index is -0.295. The Labute approximate surface area is 132 Å². The molecule has 0 aliphatic heterocycles. The SMILES string of the molecule is O=C(Nc1ccc(-n2ccnc2)nc1)c1coc(C2CCC2)n1. The van der Waals surface area contributed by atoms with Crippen LogP contribution in [0, 0.1) is 0 Å². The number of amides is 1. The molecule has 23 heavy (non-hydrogen) atoms. The Morgan fingerprint density at radius 2 is 2.26 bits per heavy atom. The van der Waals surface area contributed by atoms with E-state index in [1.165, 1.54) is 12.7 Å². The van der Waals surface area contributed by atoms with Crippen LogP contribution in [0.15, 0.2) is 47.7 Å². The lowest BCUT2D eigenvalue weighted by molar-refractivity contribution is 0.102. The van der Waals surface area contributed by atoms with Crippen molar-refractivity contribution in [1.82, 2.24) is 19.5 Å². The molecule has 0 aromatic carbocycles. The molecule has 1 aliphatic carbocycles. The standard InChI is InChI=1S/C16H15N5O2/c22-15(13-9-23-16(20-13)11-2-1-3-11)19-12-4-5-14(18-8-12)21-7-6-17-10-21/h4-11H,1-3H2,(H,19,22). The Hall–Kier alpha value is -2.96. The molecular weight excluding hydrogens is 294 g/mol. The fourth-order valence-corrected chi connectivity index (χ4v) is 2.44. The van der Waals surface area contributed by atoms with Crippen molar-refractivity contribution in [3.05, 3.63) is 54.9 Å². The number of imidazole rings is 1. The molecule has 1 fully saturated rings. The molecule has 3 aromatic heterocycles. The van der Waals surface area contributed by atoms with Crippen molar-refractivity contribution in [1.29, 1.82) is 0 Å². The summed E-state index contributed by atoms with van der Waals surface area (Å²) in [6, 6.07) is 3.59. The zero-order chi connectivity index (χ0) is 15.6. The first-order valence-electron chi connectivity index (χ1n) is 7.51. The number of oxazole rings is 1. The van der Waals surface area contributed by atoms with Gasteiger partial charge in [0.2, 0.25) is 0 Å². The monoisotopic (exact) mass is 309 g/mol. The topological polar surface area (TPSA) is 85.8 Å².